The second-order valence-electron chi connectivity index (χ2n) is 4.76. The molecule has 0 bridgehead atoms. The number of thioether (sulfide) groups is 1. The molecular weight excluding hydrogens is 305 g/mol. The maximum Gasteiger partial charge on any atom is 0.416 e. The van der Waals surface area contributed by atoms with E-state index in [-0.39, 0.29) is 5.25 Å². The summed E-state index contributed by atoms with van der Waals surface area (Å²) in [5.74, 6) is 0. The van der Waals surface area contributed by atoms with Crippen molar-refractivity contribution in [3.63, 3.8) is 0 Å². The molecule has 1 atom stereocenters. The van der Waals surface area contributed by atoms with Gasteiger partial charge in [-0.3, -0.25) is 4.57 Å². The van der Waals surface area contributed by atoms with E-state index in [1.54, 1.807) is 0 Å². The van der Waals surface area contributed by atoms with E-state index in [9.17, 15) is 18.0 Å². The Labute approximate surface area is 121 Å². The van der Waals surface area contributed by atoms with Gasteiger partial charge in [0.15, 0.2) is 0 Å². The fourth-order valence-electron chi connectivity index (χ4n) is 2.42. The largest absolute Gasteiger partial charge is 0.416 e. The van der Waals surface area contributed by atoms with Crippen molar-refractivity contribution >= 4 is 22.7 Å². The average molecular weight is 316 g/mol. The van der Waals surface area contributed by atoms with Gasteiger partial charge in [-0.05, 0) is 12.1 Å². The van der Waals surface area contributed by atoms with Crippen LogP contribution in [0, 0.1) is 0 Å². The molecule has 1 unspecified atom stereocenters. The lowest BCUT2D eigenvalue weighted by atomic mass is 10.1. The normalized spacial score (nSPS) is 18.2. The molecule has 1 aliphatic heterocycles. The minimum absolute atomic E-state index is 0.115. The smallest absolute Gasteiger partial charge is 0.383 e. The zero-order valence-electron chi connectivity index (χ0n) is 11.0. The van der Waals surface area contributed by atoms with Gasteiger partial charge in [0.05, 0.1) is 22.9 Å². The van der Waals surface area contributed by atoms with Crippen molar-refractivity contribution in [2.45, 2.75) is 22.9 Å². The summed E-state index contributed by atoms with van der Waals surface area (Å²) < 4.78 is 45.3. The molecule has 21 heavy (non-hydrogen) atoms. The summed E-state index contributed by atoms with van der Waals surface area (Å²) >= 11 is 1.30. The topological polar surface area (TPSA) is 44.1 Å². The van der Waals surface area contributed by atoms with Gasteiger partial charge in [-0.2, -0.15) is 13.2 Å². The fraction of sp³-hybridized carbons (Fsp3) is 0.385. The lowest BCUT2D eigenvalue weighted by molar-refractivity contribution is -0.137. The van der Waals surface area contributed by atoms with Crippen molar-refractivity contribution < 1.29 is 17.9 Å². The summed E-state index contributed by atoms with van der Waals surface area (Å²) in [6.07, 6.45) is -3.23. The van der Waals surface area contributed by atoms with Crippen LogP contribution in [-0.2, 0) is 17.5 Å². The van der Waals surface area contributed by atoms with E-state index < -0.39 is 17.4 Å². The van der Waals surface area contributed by atoms with Crippen LogP contribution in [0.2, 0.25) is 0 Å². The first-order chi connectivity index (χ1) is 9.90. The van der Waals surface area contributed by atoms with Gasteiger partial charge >= 0.3 is 11.9 Å². The Balaban J connectivity index is 2.24. The zero-order chi connectivity index (χ0) is 15.2. The Kier molecular flexibility index (Phi) is 3.45. The average Bonchev–Trinajstić information content (AvgIpc) is 2.41. The van der Waals surface area contributed by atoms with E-state index in [1.807, 2.05) is 0 Å². The molecule has 4 nitrogen and oxygen atoms in total. The van der Waals surface area contributed by atoms with Crippen molar-refractivity contribution in [1.29, 1.82) is 0 Å². The Bertz CT molecular complexity index is 757. The highest BCUT2D eigenvalue weighted by atomic mass is 32.2. The Hall–Kier alpha value is -1.54. The number of alkyl halides is 3. The van der Waals surface area contributed by atoms with Gasteiger partial charge in [0.25, 0.3) is 0 Å². The van der Waals surface area contributed by atoms with Crippen molar-refractivity contribution in [3.8, 4) is 0 Å². The number of ether oxygens (including phenoxy) is 1. The molecule has 2 aromatic rings. The lowest BCUT2D eigenvalue weighted by Gasteiger charge is -2.26. The number of halogens is 3. The molecule has 3 rings (SSSR count). The lowest BCUT2D eigenvalue weighted by Crippen LogP contribution is -2.32. The molecule has 0 saturated heterocycles. The van der Waals surface area contributed by atoms with Gasteiger partial charge in [-0.15, -0.1) is 11.8 Å². The van der Waals surface area contributed by atoms with Crippen LogP contribution in [0.3, 0.4) is 0 Å². The van der Waals surface area contributed by atoms with E-state index in [0.717, 1.165) is 12.1 Å². The molecule has 2 heterocycles. The quantitative estimate of drug-likeness (QED) is 0.854. The van der Waals surface area contributed by atoms with Crippen LogP contribution in [0.15, 0.2) is 28.0 Å². The number of methoxy groups -OCH3 is 1. The molecule has 0 N–H and O–H groups in total. The van der Waals surface area contributed by atoms with Crippen LogP contribution in [-0.4, -0.2) is 28.5 Å². The van der Waals surface area contributed by atoms with Gasteiger partial charge in [0.1, 0.15) is 0 Å². The van der Waals surface area contributed by atoms with Crippen LogP contribution in [0.5, 0.6) is 0 Å². The summed E-state index contributed by atoms with van der Waals surface area (Å²) in [6.45, 7) is 0.725. The molecule has 0 fully saturated rings. The zero-order valence-corrected chi connectivity index (χ0v) is 11.8. The van der Waals surface area contributed by atoms with E-state index >= 15 is 0 Å². The number of hydrogen-bond acceptors (Lipinski definition) is 4. The number of benzene rings is 1. The van der Waals surface area contributed by atoms with Gasteiger partial charge in [0, 0.05) is 30.1 Å². The molecule has 1 aromatic carbocycles. The molecule has 0 aliphatic carbocycles. The summed E-state index contributed by atoms with van der Waals surface area (Å²) in [5, 5.41) is 0.207. The van der Waals surface area contributed by atoms with E-state index in [1.165, 1.54) is 29.6 Å². The Morgan fingerprint density at radius 3 is 2.90 bits per heavy atom. The van der Waals surface area contributed by atoms with Crippen LogP contribution < -0.4 is 5.69 Å². The molecule has 0 spiro atoms. The monoisotopic (exact) mass is 316 g/mol. The Morgan fingerprint density at radius 2 is 2.24 bits per heavy atom. The van der Waals surface area contributed by atoms with Crippen molar-refractivity contribution in [3.05, 3.63) is 34.4 Å². The predicted molar refractivity (Wildman–Crippen MR) is 72.5 cm³/mol. The second-order valence-corrected chi connectivity index (χ2v) is 6.10. The highest BCUT2D eigenvalue weighted by molar-refractivity contribution is 8.00. The summed E-state index contributed by atoms with van der Waals surface area (Å²) in [6, 6.07) is 2.11. The summed E-state index contributed by atoms with van der Waals surface area (Å²) in [4.78, 5) is 16.0. The molecule has 8 heteroatoms. The second kappa shape index (κ2) is 5.03. The minimum atomic E-state index is -4.43. The standard InChI is InChI=1S/C13H11F3N2O2S/c1-20-6-9-5-18-11-7(4-17-12(18)19)2-8(13(14,15)16)3-10(11)21-9/h2-4,9H,5-6H2,1H3. The number of aromatic nitrogens is 2. The van der Waals surface area contributed by atoms with Gasteiger partial charge in [-0.25, -0.2) is 9.78 Å². The van der Waals surface area contributed by atoms with Crippen molar-refractivity contribution in [1.82, 2.24) is 9.55 Å². The van der Waals surface area contributed by atoms with Crippen LogP contribution in [0.4, 0.5) is 13.2 Å². The predicted octanol–water partition coefficient (Wildman–Crippen LogP) is 2.54. The third-order valence-corrected chi connectivity index (χ3v) is 4.46. The van der Waals surface area contributed by atoms with Gasteiger partial charge in [0.2, 0.25) is 0 Å². The van der Waals surface area contributed by atoms with Crippen LogP contribution in [0.25, 0.3) is 10.9 Å². The number of hydrogen-bond donors (Lipinski definition) is 0. The van der Waals surface area contributed by atoms with Crippen molar-refractivity contribution in [2.75, 3.05) is 13.7 Å². The molecule has 1 aliphatic rings. The molecule has 0 radical (unpaired) electrons. The molecule has 1 aromatic heterocycles. The van der Waals surface area contributed by atoms with E-state index in [0.29, 0.717) is 29.0 Å². The van der Waals surface area contributed by atoms with Crippen LogP contribution in [0.1, 0.15) is 5.56 Å². The fourth-order valence-corrected chi connectivity index (χ4v) is 3.74. The SMILES string of the molecule is COCC1Cn2c(=O)ncc3cc(C(F)(F)F)cc(c32)S1. The maximum absolute atomic E-state index is 13.0. The highest BCUT2D eigenvalue weighted by Crippen LogP contribution is 2.40. The molecule has 112 valence electrons. The van der Waals surface area contributed by atoms with Gasteiger partial charge < -0.3 is 4.74 Å². The molecule has 0 saturated carbocycles. The first kappa shape index (κ1) is 14.4. The van der Waals surface area contributed by atoms with E-state index in [2.05, 4.69) is 4.98 Å². The van der Waals surface area contributed by atoms with Crippen LogP contribution >= 0.6 is 11.8 Å². The maximum atomic E-state index is 13.0. The van der Waals surface area contributed by atoms with E-state index in [4.69, 9.17) is 4.74 Å². The highest BCUT2D eigenvalue weighted by Gasteiger charge is 2.33. The molecular formula is C13H11F3N2O2S. The van der Waals surface area contributed by atoms with Gasteiger partial charge in [-0.1, -0.05) is 0 Å². The van der Waals surface area contributed by atoms with Crippen molar-refractivity contribution in [2.24, 2.45) is 0 Å². The third-order valence-electron chi connectivity index (χ3n) is 3.28. The summed E-state index contributed by atoms with van der Waals surface area (Å²) in [7, 11) is 1.52. The Morgan fingerprint density at radius 1 is 1.48 bits per heavy atom. The summed E-state index contributed by atoms with van der Waals surface area (Å²) in [5.41, 5.74) is -0.673. The first-order valence-electron chi connectivity index (χ1n) is 6.16. The third kappa shape index (κ3) is 2.53. The number of rotatable bonds is 2. The first-order valence-corrected chi connectivity index (χ1v) is 7.04. The minimum Gasteiger partial charge on any atom is -0.383 e. The molecule has 0 amide bonds. The number of nitrogens with zero attached hydrogens (tertiary/aromatic N) is 2.